The van der Waals surface area contributed by atoms with Crippen molar-refractivity contribution in [3.05, 3.63) is 83.4 Å². The van der Waals surface area contributed by atoms with Crippen LogP contribution in [0.3, 0.4) is 0 Å². The van der Waals surface area contributed by atoms with E-state index in [0.717, 1.165) is 16.8 Å². The predicted octanol–water partition coefficient (Wildman–Crippen LogP) is 3.78. The second-order valence-corrected chi connectivity index (χ2v) is 7.42. The molecule has 1 N–H and O–H groups in total. The third-order valence-electron chi connectivity index (χ3n) is 5.66. The van der Waals surface area contributed by atoms with Crippen LogP contribution < -0.4 is 5.69 Å². The molecule has 0 radical (unpaired) electrons. The van der Waals surface area contributed by atoms with Crippen LogP contribution in [0.15, 0.2) is 77.7 Å². The summed E-state index contributed by atoms with van der Waals surface area (Å²) in [6.45, 7) is 0.704. The molecule has 7 nitrogen and oxygen atoms in total. The average Bonchev–Trinajstić information content (AvgIpc) is 3.37. The fraction of sp³-hybridized carbons (Fsp3) is 0.174. The SMILES string of the molecule is O=C(O)N1CCC(n2c(=O)n(-c3ccc(-c4ccccc4)cc3)c3cccnc32)C1. The zero-order valence-electron chi connectivity index (χ0n) is 16.2. The molecule has 1 atom stereocenters. The molecule has 1 fully saturated rings. The molecule has 150 valence electrons. The number of amides is 1. The first kappa shape index (κ1) is 18.2. The lowest BCUT2D eigenvalue weighted by molar-refractivity contribution is 0.154. The normalized spacial score (nSPS) is 16.3. The van der Waals surface area contributed by atoms with Gasteiger partial charge in [-0.05, 0) is 41.8 Å². The first-order chi connectivity index (χ1) is 14.6. The van der Waals surface area contributed by atoms with Crippen molar-refractivity contribution < 1.29 is 9.90 Å². The Kier molecular flexibility index (Phi) is 4.35. The van der Waals surface area contributed by atoms with E-state index in [1.54, 1.807) is 21.4 Å². The Hall–Kier alpha value is -3.87. The summed E-state index contributed by atoms with van der Waals surface area (Å²) < 4.78 is 3.30. The average molecular weight is 400 g/mol. The van der Waals surface area contributed by atoms with Crippen molar-refractivity contribution in [3.8, 4) is 16.8 Å². The Labute approximate surface area is 172 Å². The summed E-state index contributed by atoms with van der Waals surface area (Å²) in [4.78, 5) is 30.5. The van der Waals surface area contributed by atoms with Gasteiger partial charge in [-0.2, -0.15) is 0 Å². The molecule has 3 heterocycles. The molecule has 1 unspecified atom stereocenters. The van der Waals surface area contributed by atoms with Crippen molar-refractivity contribution in [1.29, 1.82) is 0 Å². The van der Waals surface area contributed by atoms with Crippen LogP contribution in [0.4, 0.5) is 4.79 Å². The van der Waals surface area contributed by atoms with Crippen LogP contribution in [0.25, 0.3) is 28.0 Å². The van der Waals surface area contributed by atoms with Gasteiger partial charge in [0.2, 0.25) is 0 Å². The van der Waals surface area contributed by atoms with Gasteiger partial charge in [0.15, 0.2) is 5.65 Å². The molecule has 1 amide bonds. The topological polar surface area (TPSA) is 80.4 Å². The smallest absolute Gasteiger partial charge is 0.407 e. The minimum absolute atomic E-state index is 0.201. The molecule has 1 aliphatic rings. The summed E-state index contributed by atoms with van der Waals surface area (Å²) in [6.07, 6.45) is 1.29. The van der Waals surface area contributed by atoms with Crippen LogP contribution in [0, 0.1) is 0 Å². The van der Waals surface area contributed by atoms with Gasteiger partial charge in [0, 0.05) is 19.3 Å². The summed E-state index contributed by atoms with van der Waals surface area (Å²) in [5.74, 6) is 0. The number of imidazole rings is 1. The number of hydrogen-bond donors (Lipinski definition) is 1. The van der Waals surface area contributed by atoms with E-state index in [1.807, 2.05) is 60.7 Å². The van der Waals surface area contributed by atoms with Crippen molar-refractivity contribution >= 4 is 17.3 Å². The van der Waals surface area contributed by atoms with Crippen LogP contribution in [0.1, 0.15) is 12.5 Å². The molecule has 2 aromatic heterocycles. The molecule has 30 heavy (non-hydrogen) atoms. The lowest BCUT2D eigenvalue weighted by Crippen LogP contribution is -2.31. The lowest BCUT2D eigenvalue weighted by Gasteiger charge is -2.13. The van der Waals surface area contributed by atoms with Gasteiger partial charge in [0.1, 0.15) is 0 Å². The standard InChI is InChI=1S/C23H20N4O3/c28-22-26(18-10-8-17(9-11-18)16-5-2-1-3-6-16)20-7-4-13-24-21(20)27(22)19-12-14-25(15-19)23(29)30/h1-11,13,19H,12,14-15H2,(H,29,30). The van der Waals surface area contributed by atoms with Crippen LogP contribution in [-0.2, 0) is 0 Å². The number of carbonyl (C=O) groups is 1. The minimum atomic E-state index is -0.959. The van der Waals surface area contributed by atoms with E-state index in [0.29, 0.717) is 24.1 Å². The second kappa shape index (κ2) is 7.18. The third-order valence-corrected chi connectivity index (χ3v) is 5.66. The Balaban J connectivity index is 1.60. The third kappa shape index (κ3) is 2.95. The van der Waals surface area contributed by atoms with E-state index in [4.69, 9.17) is 0 Å². The van der Waals surface area contributed by atoms with Gasteiger partial charge in [-0.25, -0.2) is 14.6 Å². The molecule has 0 spiro atoms. The van der Waals surface area contributed by atoms with Crippen molar-refractivity contribution in [1.82, 2.24) is 19.0 Å². The van der Waals surface area contributed by atoms with E-state index in [-0.39, 0.29) is 18.3 Å². The van der Waals surface area contributed by atoms with Gasteiger partial charge in [-0.15, -0.1) is 0 Å². The van der Waals surface area contributed by atoms with E-state index in [9.17, 15) is 14.7 Å². The van der Waals surface area contributed by atoms with E-state index in [1.165, 1.54) is 4.90 Å². The number of rotatable bonds is 3. The van der Waals surface area contributed by atoms with Crippen molar-refractivity contribution in [2.24, 2.45) is 0 Å². The summed E-state index contributed by atoms with van der Waals surface area (Å²) in [5, 5.41) is 9.28. The maximum atomic E-state index is 13.4. The van der Waals surface area contributed by atoms with E-state index < -0.39 is 6.09 Å². The maximum Gasteiger partial charge on any atom is 0.407 e. The number of carboxylic acid groups (broad SMARTS) is 1. The molecule has 5 rings (SSSR count). The highest BCUT2D eigenvalue weighted by Gasteiger charge is 2.31. The van der Waals surface area contributed by atoms with Gasteiger partial charge in [-0.3, -0.25) is 9.13 Å². The monoisotopic (exact) mass is 400 g/mol. The molecule has 1 saturated heterocycles. The van der Waals surface area contributed by atoms with Crippen LogP contribution >= 0.6 is 0 Å². The van der Waals surface area contributed by atoms with Crippen molar-refractivity contribution in [3.63, 3.8) is 0 Å². The number of pyridine rings is 1. The van der Waals surface area contributed by atoms with Gasteiger partial charge >= 0.3 is 11.8 Å². The summed E-state index contributed by atoms with van der Waals surface area (Å²) in [5.41, 5.74) is 4.02. The zero-order chi connectivity index (χ0) is 20.7. The number of benzene rings is 2. The Morgan fingerprint density at radius 1 is 0.967 bits per heavy atom. The number of likely N-dealkylation sites (tertiary alicyclic amines) is 1. The fourth-order valence-corrected chi connectivity index (χ4v) is 4.19. The molecular formula is C23H20N4O3. The van der Waals surface area contributed by atoms with Gasteiger partial charge < -0.3 is 10.0 Å². The fourth-order valence-electron chi connectivity index (χ4n) is 4.19. The van der Waals surface area contributed by atoms with Gasteiger partial charge in [-0.1, -0.05) is 42.5 Å². The zero-order valence-corrected chi connectivity index (χ0v) is 16.2. The van der Waals surface area contributed by atoms with Crippen LogP contribution in [0.2, 0.25) is 0 Å². The quantitative estimate of drug-likeness (QED) is 0.568. The molecular weight excluding hydrogens is 380 g/mol. The molecule has 2 aromatic carbocycles. The van der Waals surface area contributed by atoms with Gasteiger partial charge in [0.25, 0.3) is 0 Å². The first-order valence-electron chi connectivity index (χ1n) is 9.85. The molecule has 1 aliphatic heterocycles. The number of nitrogens with zero attached hydrogens (tertiary/aromatic N) is 4. The maximum absolute atomic E-state index is 13.4. The van der Waals surface area contributed by atoms with Crippen molar-refractivity contribution in [2.45, 2.75) is 12.5 Å². The molecule has 4 aromatic rings. The minimum Gasteiger partial charge on any atom is -0.465 e. The first-order valence-corrected chi connectivity index (χ1v) is 9.85. The van der Waals surface area contributed by atoms with Crippen LogP contribution in [-0.4, -0.2) is 43.3 Å². The molecule has 0 bridgehead atoms. The predicted molar refractivity (Wildman–Crippen MR) is 114 cm³/mol. The molecule has 7 heteroatoms. The Morgan fingerprint density at radius 2 is 1.70 bits per heavy atom. The highest BCUT2D eigenvalue weighted by molar-refractivity contribution is 5.75. The van der Waals surface area contributed by atoms with Gasteiger partial charge in [0.05, 0.1) is 17.2 Å². The van der Waals surface area contributed by atoms with E-state index in [2.05, 4.69) is 4.98 Å². The number of aromatic nitrogens is 3. The Morgan fingerprint density at radius 3 is 2.40 bits per heavy atom. The van der Waals surface area contributed by atoms with Crippen molar-refractivity contribution in [2.75, 3.05) is 13.1 Å². The second-order valence-electron chi connectivity index (χ2n) is 7.42. The molecule has 0 saturated carbocycles. The highest BCUT2D eigenvalue weighted by atomic mass is 16.4. The summed E-state index contributed by atoms with van der Waals surface area (Å²) in [7, 11) is 0. The lowest BCUT2D eigenvalue weighted by atomic mass is 10.1. The number of fused-ring (bicyclic) bond motifs is 1. The van der Waals surface area contributed by atoms with E-state index >= 15 is 0 Å². The summed E-state index contributed by atoms with van der Waals surface area (Å²) >= 11 is 0. The highest BCUT2D eigenvalue weighted by Crippen LogP contribution is 2.26. The van der Waals surface area contributed by atoms with Crippen LogP contribution in [0.5, 0.6) is 0 Å². The largest absolute Gasteiger partial charge is 0.465 e. The molecule has 0 aliphatic carbocycles. The summed E-state index contributed by atoms with van der Waals surface area (Å²) in [6, 6.07) is 21.4. The number of hydrogen-bond acceptors (Lipinski definition) is 3. The Bertz CT molecular complexity index is 1280.